The van der Waals surface area contributed by atoms with Gasteiger partial charge in [-0.2, -0.15) is 0 Å². The van der Waals surface area contributed by atoms with Crippen molar-refractivity contribution in [3.63, 3.8) is 0 Å². The molecule has 0 N–H and O–H groups in total. The summed E-state index contributed by atoms with van der Waals surface area (Å²) in [5.41, 5.74) is 0. The first kappa shape index (κ1) is 13.7. The minimum Gasteiger partial charge on any atom is -0.418 e. The van der Waals surface area contributed by atoms with Crippen molar-refractivity contribution in [1.82, 2.24) is 0 Å². The lowest BCUT2D eigenvalue weighted by Gasteiger charge is -2.27. The fourth-order valence-electron chi connectivity index (χ4n) is 1.54. The summed E-state index contributed by atoms with van der Waals surface area (Å²) in [6, 6.07) is 0. The molecule has 0 saturated carbocycles. The molecule has 1 heterocycles. The van der Waals surface area contributed by atoms with E-state index in [0.717, 1.165) is 11.2 Å². The number of likely N-dealkylation sites (tertiary alicyclic amines) is 1. The molecule has 0 spiro atoms. The van der Waals surface area contributed by atoms with Gasteiger partial charge in [0.25, 0.3) is 0 Å². The van der Waals surface area contributed by atoms with Crippen molar-refractivity contribution in [1.29, 1.82) is 0 Å². The average Bonchev–Trinajstić information content (AvgIpc) is 2.33. The van der Waals surface area contributed by atoms with Crippen LogP contribution >= 0.6 is 0 Å². The average molecular weight is 217 g/mol. The fraction of sp³-hybridized carbons (Fsp3) is 1.00. The van der Waals surface area contributed by atoms with Crippen LogP contribution in [0.1, 0.15) is 12.8 Å². The summed E-state index contributed by atoms with van der Waals surface area (Å²) in [4.78, 5) is 0. The SMILES string of the molecule is COC[N+]1(C)CCCC1.F[B-](F)(F)F. The van der Waals surface area contributed by atoms with Crippen LogP contribution in [0.5, 0.6) is 0 Å². The minimum atomic E-state index is -6.00. The van der Waals surface area contributed by atoms with Gasteiger partial charge in [-0.1, -0.05) is 0 Å². The highest BCUT2D eigenvalue weighted by atomic mass is 19.5. The molecule has 2 nitrogen and oxygen atoms in total. The highest BCUT2D eigenvalue weighted by Crippen LogP contribution is 2.15. The van der Waals surface area contributed by atoms with E-state index in [1.54, 1.807) is 7.11 Å². The second-order valence-electron chi connectivity index (χ2n) is 3.69. The van der Waals surface area contributed by atoms with Gasteiger partial charge in [0, 0.05) is 20.0 Å². The van der Waals surface area contributed by atoms with Gasteiger partial charge in [-0.3, -0.25) is 0 Å². The molecule has 1 aliphatic rings. The Morgan fingerprint density at radius 3 is 1.79 bits per heavy atom. The molecule has 86 valence electrons. The summed E-state index contributed by atoms with van der Waals surface area (Å²) >= 11 is 0. The lowest BCUT2D eigenvalue weighted by atomic mass is 10.3. The maximum Gasteiger partial charge on any atom is 0.673 e. The minimum absolute atomic E-state index is 0.889. The van der Waals surface area contributed by atoms with Crippen molar-refractivity contribution >= 4 is 7.25 Å². The third-order valence-corrected chi connectivity index (χ3v) is 2.09. The smallest absolute Gasteiger partial charge is 0.418 e. The summed E-state index contributed by atoms with van der Waals surface area (Å²) in [5, 5.41) is 0. The van der Waals surface area contributed by atoms with E-state index in [1.807, 2.05) is 0 Å². The third-order valence-electron chi connectivity index (χ3n) is 2.09. The standard InChI is InChI=1S/C7H16NO.BF4/c1-8(7-9-2)5-3-4-6-8;2-1(3,4)5/h3-7H2,1-2H3;/q+1;-1. The van der Waals surface area contributed by atoms with E-state index in [2.05, 4.69) is 7.05 Å². The van der Waals surface area contributed by atoms with Crippen LogP contribution in [0.4, 0.5) is 17.3 Å². The number of hydrogen-bond acceptors (Lipinski definition) is 1. The zero-order valence-corrected chi connectivity index (χ0v) is 8.48. The molecule has 0 aliphatic carbocycles. The Labute approximate surface area is 81.5 Å². The van der Waals surface area contributed by atoms with Crippen molar-refractivity contribution < 1.29 is 26.5 Å². The predicted octanol–water partition coefficient (Wildman–Crippen LogP) is 2.13. The molecule has 7 heteroatoms. The van der Waals surface area contributed by atoms with Crippen molar-refractivity contribution in [2.24, 2.45) is 0 Å². The van der Waals surface area contributed by atoms with Crippen LogP contribution in [0.15, 0.2) is 0 Å². The quantitative estimate of drug-likeness (QED) is 0.391. The topological polar surface area (TPSA) is 9.23 Å². The van der Waals surface area contributed by atoms with Gasteiger partial charge in [-0.25, -0.2) is 0 Å². The largest absolute Gasteiger partial charge is 0.673 e. The van der Waals surface area contributed by atoms with Crippen molar-refractivity contribution in [3.8, 4) is 0 Å². The van der Waals surface area contributed by atoms with Gasteiger partial charge < -0.3 is 26.5 Å². The number of methoxy groups -OCH3 is 1. The molecule has 0 aromatic heterocycles. The van der Waals surface area contributed by atoms with Crippen molar-refractivity contribution in [3.05, 3.63) is 0 Å². The maximum absolute atomic E-state index is 9.75. The molecule has 0 amide bonds. The first-order valence-electron chi connectivity index (χ1n) is 4.47. The Morgan fingerprint density at radius 2 is 1.50 bits per heavy atom. The second-order valence-corrected chi connectivity index (χ2v) is 3.69. The molecule has 0 atom stereocenters. The Kier molecular flexibility index (Phi) is 5.44. The summed E-state index contributed by atoms with van der Waals surface area (Å²) < 4.78 is 45.2. The van der Waals surface area contributed by atoms with Crippen LogP contribution in [-0.4, -0.2) is 45.7 Å². The maximum atomic E-state index is 9.75. The summed E-state index contributed by atoms with van der Waals surface area (Å²) in [7, 11) is -1.96. The Bertz CT molecular complexity index is 152. The van der Waals surface area contributed by atoms with Gasteiger partial charge in [-0.05, 0) is 0 Å². The molecule has 0 bridgehead atoms. The van der Waals surface area contributed by atoms with Gasteiger partial charge in [0.2, 0.25) is 0 Å². The first-order valence-corrected chi connectivity index (χ1v) is 4.47. The molecule has 1 rings (SSSR count). The van der Waals surface area contributed by atoms with E-state index in [1.165, 1.54) is 25.9 Å². The number of rotatable bonds is 2. The normalized spacial score (nSPS) is 20.1. The molecular weight excluding hydrogens is 201 g/mol. The van der Waals surface area contributed by atoms with Gasteiger partial charge in [0.1, 0.15) is 0 Å². The van der Waals surface area contributed by atoms with Crippen molar-refractivity contribution in [2.45, 2.75) is 12.8 Å². The van der Waals surface area contributed by atoms with Gasteiger partial charge in [0.05, 0.1) is 20.1 Å². The molecule has 14 heavy (non-hydrogen) atoms. The van der Waals surface area contributed by atoms with Crippen LogP contribution in [0, 0.1) is 0 Å². The molecule has 0 aromatic rings. The zero-order chi connectivity index (χ0) is 11.2. The van der Waals surface area contributed by atoms with Gasteiger partial charge in [-0.15, -0.1) is 0 Å². The molecule has 1 fully saturated rings. The van der Waals surface area contributed by atoms with Crippen LogP contribution in [-0.2, 0) is 4.74 Å². The Balaban J connectivity index is 0.000000292. The van der Waals surface area contributed by atoms with Crippen LogP contribution < -0.4 is 0 Å². The summed E-state index contributed by atoms with van der Waals surface area (Å²) in [6.07, 6.45) is 2.75. The van der Waals surface area contributed by atoms with E-state index < -0.39 is 7.25 Å². The molecule has 1 saturated heterocycles. The molecular formula is C7H16BF4NO. The summed E-state index contributed by atoms with van der Waals surface area (Å²) in [6.45, 7) is 3.49. The molecule has 0 unspecified atom stereocenters. The lowest BCUT2D eigenvalue weighted by Crippen LogP contribution is -2.42. The number of halogens is 4. The second kappa shape index (κ2) is 5.55. The van der Waals surface area contributed by atoms with E-state index in [4.69, 9.17) is 4.74 Å². The number of ether oxygens (including phenoxy) is 1. The number of quaternary nitrogens is 1. The monoisotopic (exact) mass is 217 g/mol. The highest BCUT2D eigenvalue weighted by molar-refractivity contribution is 6.50. The van der Waals surface area contributed by atoms with Crippen LogP contribution in [0.25, 0.3) is 0 Å². The molecule has 0 aromatic carbocycles. The van der Waals surface area contributed by atoms with E-state index in [9.17, 15) is 17.3 Å². The third kappa shape index (κ3) is 8.31. The van der Waals surface area contributed by atoms with Crippen molar-refractivity contribution in [2.75, 3.05) is 34.0 Å². The molecule has 0 radical (unpaired) electrons. The summed E-state index contributed by atoms with van der Waals surface area (Å²) in [5.74, 6) is 0. The van der Waals surface area contributed by atoms with E-state index in [-0.39, 0.29) is 0 Å². The molecule has 1 aliphatic heterocycles. The van der Waals surface area contributed by atoms with Gasteiger partial charge in [0.15, 0.2) is 6.73 Å². The van der Waals surface area contributed by atoms with Crippen LogP contribution in [0.3, 0.4) is 0 Å². The highest BCUT2D eigenvalue weighted by Gasteiger charge is 2.25. The van der Waals surface area contributed by atoms with Gasteiger partial charge >= 0.3 is 7.25 Å². The number of hydrogen-bond donors (Lipinski definition) is 0. The lowest BCUT2D eigenvalue weighted by molar-refractivity contribution is -0.916. The first-order chi connectivity index (χ1) is 6.27. The van der Waals surface area contributed by atoms with E-state index >= 15 is 0 Å². The predicted molar refractivity (Wildman–Crippen MR) is 47.2 cm³/mol. The number of nitrogens with zero attached hydrogens (tertiary/aromatic N) is 1. The Morgan fingerprint density at radius 1 is 1.14 bits per heavy atom. The van der Waals surface area contributed by atoms with E-state index in [0.29, 0.717) is 0 Å². The Hall–Kier alpha value is -0.295. The fourth-order valence-corrected chi connectivity index (χ4v) is 1.54. The van der Waals surface area contributed by atoms with Crippen LogP contribution in [0.2, 0.25) is 0 Å². The zero-order valence-electron chi connectivity index (χ0n) is 8.48.